The predicted molar refractivity (Wildman–Crippen MR) is 93.7 cm³/mol. The number of nitrogens with zero attached hydrogens (tertiary/aromatic N) is 3. The second-order valence-electron chi connectivity index (χ2n) is 7.19. The second-order valence-corrected chi connectivity index (χ2v) is 7.19. The van der Waals surface area contributed by atoms with Crippen LogP contribution in [0.15, 0.2) is 12.4 Å². The van der Waals surface area contributed by atoms with Gasteiger partial charge >= 0.3 is 0 Å². The molecule has 2 unspecified atom stereocenters. The van der Waals surface area contributed by atoms with Crippen LogP contribution in [-0.2, 0) is 11.8 Å². The van der Waals surface area contributed by atoms with Crippen molar-refractivity contribution in [2.45, 2.75) is 45.1 Å². The van der Waals surface area contributed by atoms with Crippen LogP contribution in [-0.4, -0.2) is 46.3 Å². The molecule has 2 aliphatic heterocycles. The summed E-state index contributed by atoms with van der Waals surface area (Å²) in [6.07, 6.45) is 7.57. The van der Waals surface area contributed by atoms with Crippen molar-refractivity contribution in [3.05, 3.63) is 18.0 Å². The third-order valence-corrected chi connectivity index (χ3v) is 5.33. The van der Waals surface area contributed by atoms with Gasteiger partial charge < -0.3 is 10.2 Å². The standard InChI is InChI=1S/C17H28N4O.ClH/c1-12-5-4-6-13(2)21(10-12)17(22)16-9-18-8-15(16)14-7-19-20(3)11-14;/h7,11-13,15-16,18H,4-6,8-10H2,1-3H3;1H/t12?,13?,15-,16+;/m1./s1. The number of halogens is 1. The lowest BCUT2D eigenvalue weighted by atomic mass is 9.89. The molecule has 3 heterocycles. The molecule has 0 radical (unpaired) electrons. The number of carbonyl (C=O) groups is 1. The molecule has 0 saturated carbocycles. The van der Waals surface area contributed by atoms with E-state index < -0.39 is 0 Å². The molecule has 0 spiro atoms. The Labute approximate surface area is 145 Å². The molecule has 1 aromatic rings. The van der Waals surface area contributed by atoms with E-state index in [1.165, 1.54) is 18.4 Å². The van der Waals surface area contributed by atoms with Gasteiger partial charge in [0.1, 0.15) is 0 Å². The Morgan fingerprint density at radius 2 is 2.09 bits per heavy atom. The highest BCUT2D eigenvalue weighted by molar-refractivity contribution is 5.85. The third-order valence-electron chi connectivity index (χ3n) is 5.33. The molecular formula is C17H29ClN4O. The monoisotopic (exact) mass is 340 g/mol. The second kappa shape index (κ2) is 7.67. The van der Waals surface area contributed by atoms with Gasteiger partial charge in [-0.25, -0.2) is 0 Å². The van der Waals surface area contributed by atoms with Crippen molar-refractivity contribution in [2.24, 2.45) is 18.9 Å². The fourth-order valence-corrected chi connectivity index (χ4v) is 3.96. The average Bonchev–Trinajstić information content (AvgIpc) is 3.08. The van der Waals surface area contributed by atoms with E-state index in [9.17, 15) is 4.79 Å². The summed E-state index contributed by atoms with van der Waals surface area (Å²) < 4.78 is 1.83. The number of rotatable bonds is 2. The van der Waals surface area contributed by atoms with E-state index in [-0.39, 0.29) is 24.2 Å². The molecule has 3 rings (SSSR count). The maximum Gasteiger partial charge on any atom is 0.227 e. The minimum Gasteiger partial charge on any atom is -0.339 e. The van der Waals surface area contributed by atoms with Crippen molar-refractivity contribution in [1.29, 1.82) is 0 Å². The Balaban J connectivity index is 0.00000192. The highest BCUT2D eigenvalue weighted by atomic mass is 35.5. The number of aromatic nitrogens is 2. The number of aryl methyl sites for hydroxylation is 1. The van der Waals surface area contributed by atoms with E-state index in [2.05, 4.69) is 29.2 Å². The van der Waals surface area contributed by atoms with Gasteiger partial charge in [0, 0.05) is 44.8 Å². The van der Waals surface area contributed by atoms with Crippen LogP contribution in [0, 0.1) is 11.8 Å². The Morgan fingerprint density at radius 3 is 2.78 bits per heavy atom. The summed E-state index contributed by atoms with van der Waals surface area (Å²) in [4.78, 5) is 15.3. The quantitative estimate of drug-likeness (QED) is 0.897. The largest absolute Gasteiger partial charge is 0.339 e. The predicted octanol–water partition coefficient (Wildman–Crippen LogP) is 2.18. The van der Waals surface area contributed by atoms with Gasteiger partial charge in [-0.2, -0.15) is 5.10 Å². The van der Waals surface area contributed by atoms with E-state index in [0.29, 0.717) is 17.9 Å². The van der Waals surface area contributed by atoms with Gasteiger partial charge in [0.25, 0.3) is 0 Å². The highest BCUT2D eigenvalue weighted by Crippen LogP contribution is 2.31. The van der Waals surface area contributed by atoms with Crippen LogP contribution < -0.4 is 5.32 Å². The maximum absolute atomic E-state index is 13.2. The fourth-order valence-electron chi connectivity index (χ4n) is 3.96. The van der Waals surface area contributed by atoms with E-state index in [1.807, 2.05) is 24.1 Å². The molecule has 5 nitrogen and oxygen atoms in total. The topological polar surface area (TPSA) is 50.2 Å². The summed E-state index contributed by atoms with van der Waals surface area (Å²) in [6, 6.07) is 0.368. The summed E-state index contributed by atoms with van der Waals surface area (Å²) >= 11 is 0. The number of carbonyl (C=O) groups excluding carboxylic acids is 1. The number of hydrogen-bond donors (Lipinski definition) is 1. The summed E-state index contributed by atoms with van der Waals surface area (Å²) in [5.74, 6) is 1.25. The minimum absolute atomic E-state index is 0. The lowest BCUT2D eigenvalue weighted by molar-refractivity contribution is -0.137. The van der Waals surface area contributed by atoms with Crippen LogP contribution in [0.3, 0.4) is 0 Å². The van der Waals surface area contributed by atoms with Crippen molar-refractivity contribution >= 4 is 18.3 Å². The van der Waals surface area contributed by atoms with Gasteiger partial charge in [-0.15, -0.1) is 12.4 Å². The Morgan fingerprint density at radius 1 is 1.30 bits per heavy atom. The van der Waals surface area contributed by atoms with Crippen molar-refractivity contribution in [1.82, 2.24) is 20.0 Å². The zero-order valence-corrected chi connectivity index (χ0v) is 15.2. The first-order valence-corrected chi connectivity index (χ1v) is 8.56. The Kier molecular flexibility index (Phi) is 6.09. The average molecular weight is 341 g/mol. The first-order chi connectivity index (χ1) is 10.6. The van der Waals surface area contributed by atoms with Gasteiger partial charge in [0.15, 0.2) is 0 Å². The summed E-state index contributed by atoms with van der Waals surface area (Å²) in [5.41, 5.74) is 1.18. The summed E-state index contributed by atoms with van der Waals surface area (Å²) in [7, 11) is 1.93. The zero-order chi connectivity index (χ0) is 15.7. The Hall–Kier alpha value is -1.07. The Bertz CT molecular complexity index is 532. The van der Waals surface area contributed by atoms with Crippen LogP contribution in [0.4, 0.5) is 0 Å². The van der Waals surface area contributed by atoms with Gasteiger partial charge in [-0.05, 0) is 31.2 Å². The SMILES string of the molecule is CC1CCCC(C)N(C(=O)[C@H]2CNC[C@@H]2c2cnn(C)c2)C1.Cl. The molecule has 4 atom stereocenters. The lowest BCUT2D eigenvalue weighted by Crippen LogP contribution is -2.44. The maximum atomic E-state index is 13.2. The number of amides is 1. The van der Waals surface area contributed by atoms with Gasteiger partial charge in [-0.1, -0.05) is 13.3 Å². The number of likely N-dealkylation sites (tertiary alicyclic amines) is 1. The van der Waals surface area contributed by atoms with Crippen molar-refractivity contribution in [3.63, 3.8) is 0 Å². The summed E-state index contributed by atoms with van der Waals surface area (Å²) in [5, 5.41) is 7.68. The normalized spacial score (nSPS) is 31.5. The van der Waals surface area contributed by atoms with Crippen molar-refractivity contribution < 1.29 is 4.79 Å². The number of hydrogen-bond acceptors (Lipinski definition) is 3. The fraction of sp³-hybridized carbons (Fsp3) is 0.765. The van der Waals surface area contributed by atoms with Gasteiger partial charge in [0.05, 0.1) is 12.1 Å². The van der Waals surface area contributed by atoms with Crippen LogP contribution in [0.2, 0.25) is 0 Å². The van der Waals surface area contributed by atoms with Crippen LogP contribution in [0.1, 0.15) is 44.6 Å². The molecule has 1 N–H and O–H groups in total. The van der Waals surface area contributed by atoms with Gasteiger partial charge in [0.2, 0.25) is 5.91 Å². The zero-order valence-electron chi connectivity index (χ0n) is 14.4. The van der Waals surface area contributed by atoms with Crippen LogP contribution >= 0.6 is 12.4 Å². The highest BCUT2D eigenvalue weighted by Gasteiger charge is 2.38. The van der Waals surface area contributed by atoms with E-state index >= 15 is 0 Å². The van der Waals surface area contributed by atoms with Crippen molar-refractivity contribution in [3.8, 4) is 0 Å². The molecule has 6 heteroatoms. The smallest absolute Gasteiger partial charge is 0.227 e. The molecule has 2 aliphatic rings. The first kappa shape index (κ1) is 18.3. The molecule has 0 aliphatic carbocycles. The van der Waals surface area contributed by atoms with E-state index in [4.69, 9.17) is 0 Å². The molecule has 1 amide bonds. The third kappa shape index (κ3) is 3.89. The van der Waals surface area contributed by atoms with Crippen LogP contribution in [0.25, 0.3) is 0 Å². The van der Waals surface area contributed by atoms with Gasteiger partial charge in [-0.3, -0.25) is 9.48 Å². The van der Waals surface area contributed by atoms with Crippen LogP contribution in [0.5, 0.6) is 0 Å². The molecule has 0 bridgehead atoms. The van der Waals surface area contributed by atoms with Crippen molar-refractivity contribution in [2.75, 3.05) is 19.6 Å². The van der Waals surface area contributed by atoms with E-state index in [1.54, 1.807) is 0 Å². The molecular weight excluding hydrogens is 312 g/mol. The molecule has 130 valence electrons. The molecule has 1 aromatic heterocycles. The first-order valence-electron chi connectivity index (χ1n) is 8.56. The number of nitrogens with one attached hydrogen (secondary N) is 1. The molecule has 2 fully saturated rings. The minimum atomic E-state index is 0. The molecule has 2 saturated heterocycles. The molecule has 23 heavy (non-hydrogen) atoms. The van der Waals surface area contributed by atoms with E-state index in [0.717, 1.165) is 26.1 Å². The summed E-state index contributed by atoms with van der Waals surface area (Å²) in [6.45, 7) is 7.05. The molecule has 0 aromatic carbocycles. The lowest BCUT2D eigenvalue weighted by Gasteiger charge is -2.32.